The highest BCUT2D eigenvalue weighted by Crippen LogP contribution is 2.37. The molecule has 2 aromatic heterocycles. The van der Waals surface area contributed by atoms with Crippen molar-refractivity contribution in [1.82, 2.24) is 24.7 Å². The summed E-state index contributed by atoms with van der Waals surface area (Å²) in [7, 11) is 3.27. The average molecular weight is 425 g/mol. The third-order valence-electron chi connectivity index (χ3n) is 4.77. The number of rotatable bonds is 7. The molecule has 0 aliphatic heterocycles. The largest absolute Gasteiger partial charge is 0.494 e. The van der Waals surface area contributed by atoms with Crippen LogP contribution < -0.4 is 15.4 Å². The predicted octanol–water partition coefficient (Wildman–Crippen LogP) is 2.52. The molecule has 2 atom stereocenters. The Morgan fingerprint density at radius 3 is 2.68 bits per heavy atom. The van der Waals surface area contributed by atoms with Gasteiger partial charge in [0.1, 0.15) is 18.3 Å². The molecular formula is C20H20FN7O3. The lowest BCUT2D eigenvalue weighted by atomic mass is 10.1. The Labute approximate surface area is 176 Å². The third kappa shape index (κ3) is 4.20. The summed E-state index contributed by atoms with van der Waals surface area (Å²) in [5.74, 6) is -0.382. The van der Waals surface area contributed by atoms with E-state index in [1.54, 1.807) is 36.3 Å². The highest BCUT2D eigenvalue weighted by molar-refractivity contribution is 6.00. The van der Waals surface area contributed by atoms with Gasteiger partial charge in [-0.15, -0.1) is 0 Å². The maximum absolute atomic E-state index is 13.1. The first-order valence-electron chi connectivity index (χ1n) is 9.50. The van der Waals surface area contributed by atoms with Gasteiger partial charge in [-0.3, -0.25) is 19.6 Å². The quantitative estimate of drug-likeness (QED) is 0.554. The Bertz CT molecular complexity index is 1160. The number of hydrogen-bond acceptors (Lipinski definition) is 8. The SMILES string of the molecule is COc1c(Nc2nc(NC(=O)[C@H]3C[C@H]3F)ncc2C(C)=O)cccc1-c1ncn(C)n1. The standard InChI is InChI=1S/C20H20FN7O3/c1-10(29)13-8-22-20(26-19(30)12-7-14(12)21)25-18(13)24-15-6-4-5-11(16(15)31-3)17-23-9-28(2)27-17/h4-6,8-9,12,14H,7H2,1-3H3,(H2,22,24,25,26,30)/t12-,14+/m0/s1. The maximum Gasteiger partial charge on any atom is 0.232 e. The van der Waals surface area contributed by atoms with Crippen LogP contribution in [-0.4, -0.2) is 49.7 Å². The number of aryl methyl sites for hydroxylation is 1. The van der Waals surface area contributed by atoms with Crippen molar-refractivity contribution in [2.75, 3.05) is 17.7 Å². The van der Waals surface area contributed by atoms with E-state index >= 15 is 0 Å². The van der Waals surface area contributed by atoms with Gasteiger partial charge in [0.2, 0.25) is 11.9 Å². The first kappa shape index (κ1) is 20.4. The van der Waals surface area contributed by atoms with Crippen LogP contribution in [0.1, 0.15) is 23.7 Å². The smallest absolute Gasteiger partial charge is 0.232 e. The molecule has 1 saturated carbocycles. The van der Waals surface area contributed by atoms with Gasteiger partial charge < -0.3 is 10.1 Å². The van der Waals surface area contributed by atoms with E-state index in [1.165, 1.54) is 20.2 Å². The molecule has 0 radical (unpaired) electrons. The van der Waals surface area contributed by atoms with Gasteiger partial charge in [-0.05, 0) is 25.5 Å². The molecule has 1 amide bonds. The van der Waals surface area contributed by atoms with Crippen molar-refractivity contribution in [3.63, 3.8) is 0 Å². The molecule has 0 saturated heterocycles. The Morgan fingerprint density at radius 1 is 1.29 bits per heavy atom. The number of para-hydroxylation sites is 1. The number of carbonyl (C=O) groups excluding carboxylic acids is 2. The second kappa shape index (κ2) is 8.09. The van der Waals surface area contributed by atoms with Gasteiger partial charge in [-0.25, -0.2) is 14.4 Å². The Balaban J connectivity index is 1.68. The number of aromatic nitrogens is 5. The number of benzene rings is 1. The average Bonchev–Trinajstić information content (AvgIpc) is 3.32. The number of halogens is 1. The summed E-state index contributed by atoms with van der Waals surface area (Å²) in [6.45, 7) is 1.38. The molecule has 0 spiro atoms. The van der Waals surface area contributed by atoms with Crippen LogP contribution in [0.15, 0.2) is 30.7 Å². The summed E-state index contributed by atoms with van der Waals surface area (Å²) < 4.78 is 20.3. The van der Waals surface area contributed by atoms with Crippen LogP contribution in [0.3, 0.4) is 0 Å². The molecule has 0 bridgehead atoms. The van der Waals surface area contributed by atoms with Crippen molar-refractivity contribution < 1.29 is 18.7 Å². The monoisotopic (exact) mass is 425 g/mol. The summed E-state index contributed by atoms with van der Waals surface area (Å²) in [4.78, 5) is 36.6. The first-order valence-corrected chi connectivity index (χ1v) is 9.50. The molecule has 10 nitrogen and oxygen atoms in total. The summed E-state index contributed by atoms with van der Waals surface area (Å²) >= 11 is 0. The Kier molecular flexibility index (Phi) is 5.32. The molecule has 11 heteroatoms. The molecule has 2 N–H and O–H groups in total. The topological polar surface area (TPSA) is 124 Å². The zero-order valence-corrected chi connectivity index (χ0v) is 17.1. The zero-order chi connectivity index (χ0) is 22.1. The van der Waals surface area contributed by atoms with E-state index in [-0.39, 0.29) is 29.5 Å². The van der Waals surface area contributed by atoms with Crippen LogP contribution in [0.2, 0.25) is 0 Å². The van der Waals surface area contributed by atoms with E-state index in [2.05, 4.69) is 30.7 Å². The fraction of sp³-hybridized carbons (Fsp3) is 0.300. The predicted molar refractivity (Wildman–Crippen MR) is 110 cm³/mol. The number of ether oxygens (including phenoxy) is 1. The molecule has 31 heavy (non-hydrogen) atoms. The normalized spacial score (nSPS) is 17.2. The van der Waals surface area contributed by atoms with Gasteiger partial charge in [0.05, 0.1) is 29.8 Å². The number of Topliss-reactive ketones (excluding diaryl/α,β-unsaturated/α-hetero) is 1. The fourth-order valence-electron chi connectivity index (χ4n) is 3.05. The molecule has 1 aliphatic rings. The number of nitrogens with zero attached hydrogens (tertiary/aromatic N) is 5. The molecule has 1 aromatic carbocycles. The molecular weight excluding hydrogens is 405 g/mol. The van der Waals surface area contributed by atoms with Gasteiger partial charge in [0, 0.05) is 13.2 Å². The molecule has 2 heterocycles. The number of hydrogen-bond donors (Lipinski definition) is 2. The second-order valence-electron chi connectivity index (χ2n) is 7.11. The van der Waals surface area contributed by atoms with E-state index in [0.29, 0.717) is 22.8 Å². The summed E-state index contributed by atoms with van der Waals surface area (Å²) in [5, 5.41) is 9.86. The van der Waals surface area contributed by atoms with E-state index in [0.717, 1.165) is 0 Å². The molecule has 4 rings (SSSR count). The number of nitrogens with one attached hydrogen (secondary N) is 2. The van der Waals surface area contributed by atoms with Gasteiger partial charge in [0.25, 0.3) is 0 Å². The van der Waals surface area contributed by atoms with E-state index in [4.69, 9.17) is 4.74 Å². The maximum atomic E-state index is 13.1. The summed E-state index contributed by atoms with van der Waals surface area (Å²) in [6, 6.07) is 5.33. The van der Waals surface area contributed by atoms with Gasteiger partial charge in [0.15, 0.2) is 17.4 Å². The molecule has 0 unspecified atom stereocenters. The zero-order valence-electron chi connectivity index (χ0n) is 17.1. The van der Waals surface area contributed by atoms with Crippen LogP contribution in [0.4, 0.5) is 21.8 Å². The van der Waals surface area contributed by atoms with E-state index < -0.39 is 18.0 Å². The fourth-order valence-corrected chi connectivity index (χ4v) is 3.05. The van der Waals surface area contributed by atoms with Crippen LogP contribution in [0.25, 0.3) is 11.4 Å². The van der Waals surface area contributed by atoms with Crippen molar-refractivity contribution in [3.05, 3.63) is 36.3 Å². The van der Waals surface area contributed by atoms with Crippen LogP contribution >= 0.6 is 0 Å². The van der Waals surface area contributed by atoms with Crippen LogP contribution in [0.5, 0.6) is 5.75 Å². The lowest BCUT2D eigenvalue weighted by Crippen LogP contribution is -2.18. The molecule has 1 fully saturated rings. The number of alkyl halides is 1. The lowest BCUT2D eigenvalue weighted by Gasteiger charge is -2.15. The summed E-state index contributed by atoms with van der Waals surface area (Å²) in [6.07, 6.45) is 1.93. The van der Waals surface area contributed by atoms with Crippen molar-refractivity contribution in [2.45, 2.75) is 19.5 Å². The number of anilines is 3. The highest BCUT2D eigenvalue weighted by Gasteiger charge is 2.44. The van der Waals surface area contributed by atoms with Gasteiger partial charge in [-0.2, -0.15) is 10.1 Å². The van der Waals surface area contributed by atoms with Crippen LogP contribution in [0, 0.1) is 5.92 Å². The van der Waals surface area contributed by atoms with Gasteiger partial charge in [-0.1, -0.05) is 6.07 Å². The van der Waals surface area contributed by atoms with E-state index in [9.17, 15) is 14.0 Å². The van der Waals surface area contributed by atoms with Crippen molar-refractivity contribution in [2.24, 2.45) is 13.0 Å². The molecule has 160 valence electrons. The second-order valence-corrected chi connectivity index (χ2v) is 7.11. The Morgan fingerprint density at radius 2 is 2.06 bits per heavy atom. The number of ketones is 1. The third-order valence-corrected chi connectivity index (χ3v) is 4.77. The Hall–Kier alpha value is -3.89. The van der Waals surface area contributed by atoms with Crippen molar-refractivity contribution >= 4 is 29.1 Å². The number of carbonyl (C=O) groups is 2. The molecule has 3 aromatic rings. The summed E-state index contributed by atoms with van der Waals surface area (Å²) in [5.41, 5.74) is 1.37. The first-order chi connectivity index (χ1) is 14.9. The lowest BCUT2D eigenvalue weighted by molar-refractivity contribution is -0.117. The van der Waals surface area contributed by atoms with Crippen molar-refractivity contribution in [1.29, 1.82) is 0 Å². The van der Waals surface area contributed by atoms with Crippen molar-refractivity contribution in [3.8, 4) is 17.1 Å². The minimum absolute atomic E-state index is 0.0295. The minimum Gasteiger partial charge on any atom is -0.494 e. The molecule has 1 aliphatic carbocycles. The minimum atomic E-state index is -1.14. The highest BCUT2D eigenvalue weighted by atomic mass is 19.1. The van der Waals surface area contributed by atoms with Gasteiger partial charge >= 0.3 is 0 Å². The van der Waals surface area contributed by atoms with Crippen LogP contribution in [-0.2, 0) is 11.8 Å². The van der Waals surface area contributed by atoms with E-state index in [1.807, 2.05) is 0 Å². The number of methoxy groups -OCH3 is 1. The number of amides is 1.